The molecular weight excluding hydrogens is 593 g/mol. The first kappa shape index (κ1) is 27.5. The van der Waals surface area contributed by atoms with E-state index in [1.165, 1.54) is 6.07 Å². The van der Waals surface area contributed by atoms with Gasteiger partial charge in [-0.25, -0.2) is 4.98 Å². The van der Waals surface area contributed by atoms with Crippen LogP contribution < -0.4 is 0 Å². The number of halogens is 3. The molecule has 8 aromatic rings. The highest BCUT2D eigenvalue weighted by Gasteiger charge is 2.34. The van der Waals surface area contributed by atoms with E-state index in [9.17, 15) is 13.2 Å². The highest BCUT2D eigenvalue weighted by atomic mass is 19.4. The van der Waals surface area contributed by atoms with Gasteiger partial charge in [0.2, 0.25) is 0 Å². The van der Waals surface area contributed by atoms with Gasteiger partial charge in [-0.05, 0) is 61.4 Å². The zero-order valence-electron chi connectivity index (χ0n) is 25.1. The van der Waals surface area contributed by atoms with Crippen molar-refractivity contribution in [2.75, 3.05) is 0 Å². The molecule has 0 saturated heterocycles. The van der Waals surface area contributed by atoms with Crippen molar-refractivity contribution in [3.05, 3.63) is 145 Å². The third-order valence-electron chi connectivity index (χ3n) is 9.13. The lowest BCUT2D eigenvalue weighted by atomic mass is 10.1. The Morgan fingerprint density at radius 1 is 0.617 bits per heavy atom. The van der Waals surface area contributed by atoms with E-state index in [0.29, 0.717) is 11.0 Å². The first-order valence-electron chi connectivity index (χ1n) is 15.6. The average Bonchev–Trinajstić information content (AvgIpc) is 3.75. The van der Waals surface area contributed by atoms with Gasteiger partial charge in [-0.3, -0.25) is 9.13 Å². The fraction of sp³-hybridized carbons (Fsp3) is 0.0750. The van der Waals surface area contributed by atoms with Crippen LogP contribution in [0.1, 0.15) is 18.4 Å². The fourth-order valence-corrected chi connectivity index (χ4v) is 7.14. The number of rotatable bonds is 4. The molecule has 4 nitrogen and oxygen atoms in total. The Morgan fingerprint density at radius 2 is 1.30 bits per heavy atom. The Kier molecular flexibility index (Phi) is 6.06. The van der Waals surface area contributed by atoms with Crippen LogP contribution in [0.3, 0.4) is 0 Å². The molecule has 1 aliphatic rings. The molecule has 228 valence electrons. The molecular formula is C40H27F3N4. The quantitative estimate of drug-likeness (QED) is 0.192. The lowest BCUT2D eigenvalue weighted by molar-refractivity contribution is -0.137. The lowest BCUT2D eigenvalue weighted by Gasteiger charge is -2.16. The van der Waals surface area contributed by atoms with Crippen LogP contribution in [-0.4, -0.2) is 18.7 Å². The van der Waals surface area contributed by atoms with Crippen molar-refractivity contribution in [1.82, 2.24) is 18.7 Å². The number of allylic oxidation sites excluding steroid dienone is 4. The minimum atomic E-state index is -4.52. The van der Waals surface area contributed by atoms with Crippen LogP contribution in [0.5, 0.6) is 0 Å². The minimum Gasteiger partial charge on any atom is -0.309 e. The average molecular weight is 621 g/mol. The number of hydrogen-bond acceptors (Lipinski definition) is 1. The number of alkyl halides is 3. The molecule has 0 radical (unpaired) electrons. The normalized spacial score (nSPS) is 13.7. The lowest BCUT2D eigenvalue weighted by Crippen LogP contribution is -2.10. The van der Waals surface area contributed by atoms with Crippen LogP contribution >= 0.6 is 0 Å². The molecule has 0 aliphatic heterocycles. The van der Waals surface area contributed by atoms with Gasteiger partial charge in [-0.2, -0.15) is 13.2 Å². The number of imidazole rings is 1. The Morgan fingerprint density at radius 3 is 2.06 bits per heavy atom. The monoisotopic (exact) mass is 620 g/mol. The van der Waals surface area contributed by atoms with Crippen molar-refractivity contribution in [3.63, 3.8) is 0 Å². The minimum absolute atomic E-state index is 0.0999. The zero-order valence-corrected chi connectivity index (χ0v) is 25.1. The molecule has 0 atom stereocenters. The van der Waals surface area contributed by atoms with Crippen molar-refractivity contribution in [2.45, 2.75) is 19.0 Å². The number of benzene rings is 5. The van der Waals surface area contributed by atoms with Crippen molar-refractivity contribution >= 4 is 49.6 Å². The summed E-state index contributed by atoms with van der Waals surface area (Å²) >= 11 is 0. The molecule has 1 aliphatic carbocycles. The molecule has 9 rings (SSSR count). The van der Waals surface area contributed by atoms with Crippen LogP contribution in [0.25, 0.3) is 72.3 Å². The molecule has 7 heteroatoms. The van der Waals surface area contributed by atoms with Gasteiger partial charge in [0.1, 0.15) is 11.3 Å². The predicted molar refractivity (Wildman–Crippen MR) is 184 cm³/mol. The Bertz CT molecular complexity index is 2550. The van der Waals surface area contributed by atoms with E-state index in [-0.39, 0.29) is 5.69 Å². The Labute approximate surface area is 267 Å². The number of para-hydroxylation sites is 3. The zero-order chi connectivity index (χ0) is 31.7. The van der Waals surface area contributed by atoms with Gasteiger partial charge in [-0.1, -0.05) is 91.0 Å². The second-order valence-corrected chi connectivity index (χ2v) is 11.9. The highest BCUT2D eigenvalue weighted by Crippen LogP contribution is 2.44. The Balaban J connectivity index is 1.49. The number of aromatic nitrogens is 4. The number of hydrogen-bond donors (Lipinski definition) is 0. The van der Waals surface area contributed by atoms with E-state index in [4.69, 9.17) is 4.98 Å². The summed E-state index contributed by atoms with van der Waals surface area (Å²) in [4.78, 5) is 5.34. The summed E-state index contributed by atoms with van der Waals surface area (Å²) in [7, 11) is 0. The van der Waals surface area contributed by atoms with E-state index >= 15 is 0 Å². The van der Waals surface area contributed by atoms with Crippen LogP contribution in [0.15, 0.2) is 140 Å². The molecule has 0 N–H and O–H groups in total. The van der Waals surface area contributed by atoms with Crippen LogP contribution in [0.2, 0.25) is 0 Å². The molecule has 0 fully saturated rings. The van der Waals surface area contributed by atoms with Crippen molar-refractivity contribution in [1.29, 1.82) is 0 Å². The summed E-state index contributed by atoms with van der Waals surface area (Å²) in [5.41, 5.74) is 6.56. The SMILES string of the molecule is FC(F)(F)c1ccccc1-n1c2ccccc2c2cc3c(cc21)c1c(nc(-c2ccccc2)n1C1=CC=CCC1)n3-c1ccccc1. The van der Waals surface area contributed by atoms with E-state index in [0.717, 1.165) is 74.5 Å². The van der Waals surface area contributed by atoms with E-state index in [1.54, 1.807) is 16.7 Å². The molecule has 0 unspecified atom stereocenters. The van der Waals surface area contributed by atoms with Crippen LogP contribution in [-0.2, 0) is 6.18 Å². The maximum atomic E-state index is 14.5. The first-order chi connectivity index (χ1) is 23.0. The number of nitrogens with zero attached hydrogens (tertiary/aromatic N) is 4. The van der Waals surface area contributed by atoms with E-state index < -0.39 is 11.7 Å². The second-order valence-electron chi connectivity index (χ2n) is 11.9. The Hall–Kier alpha value is -5.82. The van der Waals surface area contributed by atoms with Gasteiger partial charge in [0.05, 0.1) is 27.8 Å². The maximum Gasteiger partial charge on any atom is 0.418 e. The van der Waals surface area contributed by atoms with E-state index in [2.05, 4.69) is 63.8 Å². The summed E-state index contributed by atoms with van der Waals surface area (Å²) in [6.45, 7) is 0. The van der Waals surface area contributed by atoms with Crippen LogP contribution in [0, 0.1) is 0 Å². The standard InChI is InChI=1S/C40H27F3N4/c41-40(42,43)32-21-11-13-23-34(32)47-33-22-12-10-20-29(33)30-24-36-31(25-35(30)47)37-39(45(36)27-16-6-2-7-17-27)44-38(26-14-4-1-5-15-26)46(37)28-18-8-3-9-19-28/h1-8,10-18,20-25H,9,19H2. The molecule has 0 saturated carbocycles. The van der Waals surface area contributed by atoms with Gasteiger partial charge >= 0.3 is 6.18 Å². The van der Waals surface area contributed by atoms with Gasteiger partial charge in [-0.15, -0.1) is 0 Å². The van der Waals surface area contributed by atoms with Crippen LogP contribution in [0.4, 0.5) is 13.2 Å². The second kappa shape index (κ2) is 10.4. The summed E-state index contributed by atoms with van der Waals surface area (Å²) in [6.07, 6.45) is 3.60. The molecule has 0 spiro atoms. The molecule has 47 heavy (non-hydrogen) atoms. The third kappa shape index (κ3) is 4.19. The highest BCUT2D eigenvalue weighted by molar-refractivity contribution is 6.18. The van der Waals surface area contributed by atoms with Gasteiger partial charge in [0.15, 0.2) is 5.65 Å². The molecule has 5 aromatic carbocycles. The van der Waals surface area contributed by atoms with E-state index in [1.807, 2.05) is 60.7 Å². The predicted octanol–water partition coefficient (Wildman–Crippen LogP) is 11.0. The summed E-state index contributed by atoms with van der Waals surface area (Å²) in [5, 5.41) is 2.67. The molecule has 3 aromatic heterocycles. The summed E-state index contributed by atoms with van der Waals surface area (Å²) in [6, 6.07) is 38.0. The number of fused-ring (bicyclic) bond motifs is 6. The molecule has 3 heterocycles. The van der Waals surface area contributed by atoms with Gasteiger partial charge < -0.3 is 4.57 Å². The van der Waals surface area contributed by atoms with Crippen molar-refractivity contribution < 1.29 is 13.2 Å². The van der Waals surface area contributed by atoms with Gasteiger partial charge in [0.25, 0.3) is 0 Å². The molecule has 0 amide bonds. The molecule has 0 bridgehead atoms. The van der Waals surface area contributed by atoms with Crippen molar-refractivity contribution in [3.8, 4) is 22.8 Å². The summed E-state index contributed by atoms with van der Waals surface area (Å²) < 4.78 is 49.6. The topological polar surface area (TPSA) is 27.7 Å². The maximum absolute atomic E-state index is 14.5. The smallest absolute Gasteiger partial charge is 0.309 e. The van der Waals surface area contributed by atoms with Crippen molar-refractivity contribution in [2.24, 2.45) is 0 Å². The fourth-order valence-electron chi connectivity index (χ4n) is 7.14. The first-order valence-corrected chi connectivity index (χ1v) is 15.6. The summed E-state index contributed by atoms with van der Waals surface area (Å²) in [5.74, 6) is 0.826. The largest absolute Gasteiger partial charge is 0.418 e. The van der Waals surface area contributed by atoms with Gasteiger partial charge in [0, 0.05) is 33.1 Å². The third-order valence-corrected chi connectivity index (χ3v) is 9.13.